The Labute approximate surface area is 362 Å². The van der Waals surface area contributed by atoms with Gasteiger partial charge in [-0.3, -0.25) is 19.0 Å². The second-order valence-electron chi connectivity index (χ2n) is 13.1. The summed E-state index contributed by atoms with van der Waals surface area (Å²) in [6, 6.07) is 5.58. The summed E-state index contributed by atoms with van der Waals surface area (Å²) in [4.78, 5) is 32.3. The first kappa shape index (κ1) is 44.8. The van der Waals surface area contributed by atoms with Crippen molar-refractivity contribution in [1.29, 1.82) is 0 Å². The number of hydrogen-bond donors (Lipinski definition) is 0. The van der Waals surface area contributed by atoms with Crippen LogP contribution in [-0.2, 0) is 32.5 Å². The van der Waals surface area contributed by atoms with E-state index in [0.29, 0.717) is 89.6 Å². The SMILES string of the molecule is COc1cc(N2CCN(C(=O)Cn3nc(I)c(Cl)c3C)CC2)c(F)cc1Cl.COc1cc(N2CCN(C(=O)Cn3nc(S(C)(=O)=O)c(Cl)c3C)CC2)c(F)cc1Cl. The lowest BCUT2D eigenvalue weighted by Crippen LogP contribution is -2.50. The molecule has 57 heavy (non-hydrogen) atoms. The van der Waals surface area contributed by atoms with Crippen molar-refractivity contribution >= 4 is 102 Å². The summed E-state index contributed by atoms with van der Waals surface area (Å²) in [5.41, 5.74) is 1.95. The number of carbonyl (C=O) groups excluding carboxylic acids is 2. The predicted octanol–water partition coefficient (Wildman–Crippen LogP) is 6.00. The van der Waals surface area contributed by atoms with Gasteiger partial charge in [-0.25, -0.2) is 17.2 Å². The molecule has 6 rings (SSSR count). The molecular formula is C35H39Cl4F2IN8O6S. The molecule has 0 bridgehead atoms. The summed E-state index contributed by atoms with van der Waals surface area (Å²) in [5, 5.41) is 9.03. The van der Waals surface area contributed by atoms with Crippen LogP contribution in [0.25, 0.3) is 0 Å². The van der Waals surface area contributed by atoms with Crippen LogP contribution < -0.4 is 19.3 Å². The van der Waals surface area contributed by atoms with Crippen molar-refractivity contribution in [3.05, 3.63) is 71.1 Å². The zero-order valence-corrected chi connectivity index (χ0v) is 37.5. The van der Waals surface area contributed by atoms with Gasteiger partial charge < -0.3 is 29.1 Å². The van der Waals surface area contributed by atoms with Crippen LogP contribution in [0.1, 0.15) is 11.4 Å². The third kappa shape index (κ3) is 10.3. The van der Waals surface area contributed by atoms with Gasteiger partial charge in [0.15, 0.2) is 14.9 Å². The van der Waals surface area contributed by atoms with E-state index in [9.17, 15) is 26.8 Å². The van der Waals surface area contributed by atoms with Crippen LogP contribution in [-0.4, -0.2) is 122 Å². The maximum atomic E-state index is 14.3. The van der Waals surface area contributed by atoms with Gasteiger partial charge in [-0.15, -0.1) is 0 Å². The van der Waals surface area contributed by atoms with Crippen molar-refractivity contribution < 1.29 is 36.3 Å². The Morgan fingerprint density at radius 2 is 1.09 bits per heavy atom. The van der Waals surface area contributed by atoms with Gasteiger partial charge in [-0.1, -0.05) is 46.4 Å². The molecular weight excluding hydrogens is 967 g/mol. The molecule has 2 aromatic heterocycles. The highest BCUT2D eigenvalue weighted by Gasteiger charge is 2.28. The van der Waals surface area contributed by atoms with Crippen LogP contribution >= 0.6 is 69.0 Å². The Bertz CT molecular complexity index is 2270. The van der Waals surface area contributed by atoms with Crippen molar-refractivity contribution in [3.8, 4) is 11.5 Å². The Hall–Kier alpha value is -3.30. The van der Waals surface area contributed by atoms with Gasteiger partial charge in [-0.05, 0) is 48.6 Å². The van der Waals surface area contributed by atoms with Gasteiger partial charge in [0, 0.05) is 70.7 Å². The molecule has 2 aliphatic heterocycles. The van der Waals surface area contributed by atoms with E-state index >= 15 is 0 Å². The highest BCUT2D eigenvalue weighted by Crippen LogP contribution is 2.34. The Balaban J connectivity index is 0.000000219. The van der Waals surface area contributed by atoms with E-state index in [-0.39, 0.29) is 45.0 Å². The molecule has 14 nitrogen and oxygen atoms in total. The average Bonchev–Trinajstić information content (AvgIpc) is 3.59. The largest absolute Gasteiger partial charge is 0.495 e. The summed E-state index contributed by atoms with van der Waals surface area (Å²) >= 11 is 26.1. The fraction of sp³-hybridized carbons (Fsp3) is 0.429. The van der Waals surface area contributed by atoms with Gasteiger partial charge in [0.1, 0.15) is 44.9 Å². The first-order chi connectivity index (χ1) is 26.8. The maximum absolute atomic E-state index is 14.3. The van der Waals surface area contributed by atoms with Crippen molar-refractivity contribution in [2.45, 2.75) is 32.0 Å². The van der Waals surface area contributed by atoms with Crippen molar-refractivity contribution in [3.63, 3.8) is 0 Å². The highest BCUT2D eigenvalue weighted by atomic mass is 127. The number of piperazine rings is 2. The first-order valence-electron chi connectivity index (χ1n) is 17.3. The number of methoxy groups -OCH3 is 2. The maximum Gasteiger partial charge on any atom is 0.244 e. The molecule has 2 amide bonds. The number of hydrogen-bond acceptors (Lipinski definition) is 10. The molecule has 2 aromatic carbocycles. The molecule has 0 unspecified atom stereocenters. The summed E-state index contributed by atoms with van der Waals surface area (Å²) < 4.78 is 66.1. The normalized spacial score (nSPS) is 14.7. The number of benzene rings is 2. The Kier molecular flexibility index (Phi) is 14.7. The fourth-order valence-electron chi connectivity index (χ4n) is 6.21. The second-order valence-corrected chi connectivity index (χ2v) is 17.6. The molecule has 2 fully saturated rings. The monoisotopic (exact) mass is 1000 g/mol. The van der Waals surface area contributed by atoms with Gasteiger partial charge >= 0.3 is 0 Å². The number of halogens is 7. The Morgan fingerprint density at radius 3 is 1.42 bits per heavy atom. The molecule has 0 atom stereocenters. The predicted molar refractivity (Wildman–Crippen MR) is 223 cm³/mol. The van der Waals surface area contributed by atoms with E-state index < -0.39 is 21.5 Å². The zero-order valence-electron chi connectivity index (χ0n) is 31.5. The summed E-state index contributed by atoms with van der Waals surface area (Å²) in [6.07, 6.45) is 1.01. The van der Waals surface area contributed by atoms with Crippen LogP contribution in [0.15, 0.2) is 29.3 Å². The lowest BCUT2D eigenvalue weighted by Gasteiger charge is -2.36. The zero-order chi connectivity index (χ0) is 41.9. The number of sulfone groups is 1. The fourth-order valence-corrected chi connectivity index (χ4v) is 8.73. The van der Waals surface area contributed by atoms with Gasteiger partial charge in [0.05, 0.1) is 52.1 Å². The van der Waals surface area contributed by atoms with Crippen molar-refractivity contribution in [2.75, 3.05) is 82.6 Å². The summed E-state index contributed by atoms with van der Waals surface area (Å²) in [6.45, 7) is 7.04. The third-order valence-electron chi connectivity index (χ3n) is 9.51. The molecule has 22 heteroatoms. The number of nitrogens with zero attached hydrogens (tertiary/aromatic N) is 8. The summed E-state index contributed by atoms with van der Waals surface area (Å²) in [5.74, 6) is -0.340. The van der Waals surface area contributed by atoms with E-state index in [1.54, 1.807) is 27.5 Å². The molecule has 0 spiro atoms. The van der Waals surface area contributed by atoms with Gasteiger partial charge in [-0.2, -0.15) is 10.2 Å². The van der Waals surface area contributed by atoms with Crippen LogP contribution in [0.3, 0.4) is 0 Å². The number of rotatable bonds is 9. The second kappa shape index (κ2) is 18.7. The molecule has 0 aliphatic carbocycles. The van der Waals surface area contributed by atoms with Crippen molar-refractivity contribution in [1.82, 2.24) is 29.4 Å². The van der Waals surface area contributed by atoms with Crippen molar-refractivity contribution in [2.24, 2.45) is 0 Å². The molecule has 310 valence electrons. The minimum absolute atomic E-state index is 0.0160. The van der Waals surface area contributed by atoms with E-state index in [1.807, 2.05) is 39.3 Å². The molecule has 4 heterocycles. The molecule has 0 saturated carbocycles. The molecule has 2 saturated heterocycles. The van der Waals surface area contributed by atoms with Crippen LogP contribution in [0.4, 0.5) is 20.2 Å². The average molecular weight is 1010 g/mol. The van der Waals surface area contributed by atoms with Gasteiger partial charge in [0.25, 0.3) is 0 Å². The standard InChI is InChI=1S/C18H21Cl2FN4O4S.C17H18Cl2FIN4O2/c1-11-17(20)18(30(3,27)28)22-25(11)10-16(26)24-6-4-23(5-7-24)14-9-15(29-2)12(19)8-13(14)21;1-10-16(19)17(21)22-25(10)9-15(26)24-5-3-23(4-6-24)13-8-14(27-2)11(18)7-12(13)20/h8-9H,4-7,10H2,1-3H3;7-8H,3-6,9H2,1-2H3. The van der Waals surface area contributed by atoms with E-state index in [4.69, 9.17) is 55.9 Å². The summed E-state index contributed by atoms with van der Waals surface area (Å²) in [7, 11) is -0.650. The van der Waals surface area contributed by atoms with E-state index in [0.717, 1.165) is 11.9 Å². The lowest BCUT2D eigenvalue weighted by molar-refractivity contribution is -0.133. The number of anilines is 2. The molecule has 0 radical (unpaired) electrons. The van der Waals surface area contributed by atoms with Crippen LogP contribution in [0, 0.1) is 29.2 Å². The molecule has 4 aromatic rings. The number of carbonyl (C=O) groups is 2. The Morgan fingerprint density at radius 1 is 0.702 bits per heavy atom. The molecule has 0 N–H and O–H groups in total. The third-order valence-corrected chi connectivity index (χ3v) is 13.2. The van der Waals surface area contributed by atoms with E-state index in [1.165, 1.54) is 37.1 Å². The minimum atomic E-state index is -3.60. The van der Waals surface area contributed by atoms with Crippen LogP contribution in [0.5, 0.6) is 11.5 Å². The number of ether oxygens (including phenoxy) is 2. The quantitative estimate of drug-likeness (QED) is 0.184. The number of amides is 2. The number of aromatic nitrogens is 4. The smallest absolute Gasteiger partial charge is 0.244 e. The minimum Gasteiger partial charge on any atom is -0.495 e. The topological polar surface area (TPSA) is 135 Å². The first-order valence-corrected chi connectivity index (χ1v) is 21.8. The van der Waals surface area contributed by atoms with Gasteiger partial charge in [0.2, 0.25) is 11.8 Å². The highest BCUT2D eigenvalue weighted by molar-refractivity contribution is 14.1. The van der Waals surface area contributed by atoms with E-state index in [2.05, 4.69) is 10.2 Å². The van der Waals surface area contributed by atoms with Crippen LogP contribution in [0.2, 0.25) is 20.1 Å². The molecule has 2 aliphatic rings. The lowest BCUT2D eigenvalue weighted by atomic mass is 10.2.